The molecule has 1 atom stereocenters. The molecule has 0 amide bonds. The molecule has 0 aliphatic heterocycles. The minimum Gasteiger partial charge on any atom is -0.328 e. The van der Waals surface area contributed by atoms with Crippen LogP contribution in [0.4, 0.5) is 0 Å². The fourth-order valence-electron chi connectivity index (χ4n) is 6.63. The minimum absolute atomic E-state index is 0.957. The van der Waals surface area contributed by atoms with Gasteiger partial charge in [-0.15, -0.1) is 0 Å². The summed E-state index contributed by atoms with van der Waals surface area (Å²) in [6.45, 7) is 9.78. The molecule has 0 rings (SSSR count). The van der Waals surface area contributed by atoms with Crippen LogP contribution >= 0.6 is 0 Å². The summed E-state index contributed by atoms with van der Waals surface area (Å²) in [5.41, 5.74) is 0. The second-order valence-electron chi connectivity index (χ2n) is 14.1. The van der Waals surface area contributed by atoms with E-state index >= 15 is 0 Å². The number of nitrogens with zero attached hydrogens (tertiary/aromatic N) is 1. The number of quaternary nitrogens is 1. The summed E-state index contributed by atoms with van der Waals surface area (Å²) >= 11 is 0. The van der Waals surface area contributed by atoms with Crippen molar-refractivity contribution in [3.05, 3.63) is 0 Å². The van der Waals surface area contributed by atoms with E-state index in [-0.39, 0.29) is 0 Å². The van der Waals surface area contributed by atoms with Crippen LogP contribution in [0.3, 0.4) is 0 Å². The molecule has 0 spiro atoms. The van der Waals surface area contributed by atoms with Gasteiger partial charge in [-0.1, -0.05) is 188 Å². The van der Waals surface area contributed by atoms with E-state index in [9.17, 15) is 0 Å². The molecular formula is C38H80N+. The summed E-state index contributed by atoms with van der Waals surface area (Å²) in [6.07, 6.45) is 43.8. The van der Waals surface area contributed by atoms with Crippen molar-refractivity contribution < 1.29 is 4.48 Å². The van der Waals surface area contributed by atoms with Crippen molar-refractivity contribution in [3.8, 4) is 0 Å². The van der Waals surface area contributed by atoms with Crippen LogP contribution < -0.4 is 0 Å². The van der Waals surface area contributed by atoms with E-state index in [4.69, 9.17) is 0 Å². The maximum atomic E-state index is 2.52. The predicted octanol–water partition coefficient (Wildman–Crippen LogP) is 13.4. The SMILES string of the molecule is CCCCCCCCCCCCCCCCCCCC[N+](C)(C)CC(CCCCCC)CCCCCCCC. The van der Waals surface area contributed by atoms with Gasteiger partial charge >= 0.3 is 0 Å². The van der Waals surface area contributed by atoms with Crippen LogP contribution in [0, 0.1) is 5.92 Å². The van der Waals surface area contributed by atoms with E-state index in [2.05, 4.69) is 34.9 Å². The third-order valence-corrected chi connectivity index (χ3v) is 9.30. The molecule has 1 nitrogen and oxygen atoms in total. The van der Waals surface area contributed by atoms with Crippen LogP contribution in [-0.2, 0) is 0 Å². The minimum atomic E-state index is 0.957. The zero-order chi connectivity index (χ0) is 28.7. The van der Waals surface area contributed by atoms with Crippen LogP contribution in [0.5, 0.6) is 0 Å². The third-order valence-electron chi connectivity index (χ3n) is 9.30. The fourth-order valence-corrected chi connectivity index (χ4v) is 6.63. The van der Waals surface area contributed by atoms with Gasteiger partial charge in [0.15, 0.2) is 0 Å². The largest absolute Gasteiger partial charge is 0.328 e. The van der Waals surface area contributed by atoms with Crippen molar-refractivity contribution in [1.29, 1.82) is 0 Å². The Labute approximate surface area is 250 Å². The number of unbranched alkanes of at least 4 members (excludes halogenated alkanes) is 25. The quantitative estimate of drug-likeness (QED) is 0.0563. The van der Waals surface area contributed by atoms with E-state index in [1.54, 1.807) is 0 Å². The summed E-state index contributed by atoms with van der Waals surface area (Å²) in [5, 5.41) is 0. The van der Waals surface area contributed by atoms with Crippen LogP contribution in [-0.4, -0.2) is 31.7 Å². The smallest absolute Gasteiger partial charge is 0.0811 e. The highest BCUT2D eigenvalue weighted by Gasteiger charge is 2.21. The lowest BCUT2D eigenvalue weighted by Gasteiger charge is -2.34. The normalized spacial score (nSPS) is 12.8. The molecular weight excluding hydrogens is 470 g/mol. The Morgan fingerprint density at radius 1 is 0.333 bits per heavy atom. The Bertz CT molecular complexity index is 442. The first-order valence-electron chi connectivity index (χ1n) is 18.9. The van der Waals surface area contributed by atoms with E-state index in [1.807, 2.05) is 0 Å². The molecule has 0 aromatic carbocycles. The molecule has 39 heavy (non-hydrogen) atoms. The topological polar surface area (TPSA) is 0 Å². The Morgan fingerprint density at radius 2 is 0.590 bits per heavy atom. The molecule has 236 valence electrons. The third kappa shape index (κ3) is 30.7. The first-order chi connectivity index (χ1) is 19.1. The number of hydrogen-bond donors (Lipinski definition) is 0. The van der Waals surface area contributed by atoms with Gasteiger partial charge in [-0.3, -0.25) is 0 Å². The Kier molecular flexibility index (Phi) is 30.9. The average Bonchev–Trinajstić information content (AvgIpc) is 2.92. The lowest BCUT2D eigenvalue weighted by atomic mass is 9.93. The molecule has 0 saturated carbocycles. The Morgan fingerprint density at radius 3 is 0.923 bits per heavy atom. The number of hydrogen-bond acceptors (Lipinski definition) is 0. The maximum absolute atomic E-state index is 2.52. The average molecular weight is 551 g/mol. The molecule has 0 aliphatic rings. The van der Waals surface area contributed by atoms with Crippen molar-refractivity contribution >= 4 is 0 Å². The zero-order valence-corrected chi connectivity index (χ0v) is 28.7. The monoisotopic (exact) mass is 551 g/mol. The molecule has 0 radical (unpaired) electrons. The summed E-state index contributed by atoms with van der Waals surface area (Å²) in [7, 11) is 5.04. The van der Waals surface area contributed by atoms with Crippen molar-refractivity contribution in [2.45, 2.75) is 213 Å². The van der Waals surface area contributed by atoms with Crippen LogP contribution in [0.1, 0.15) is 213 Å². The Balaban J connectivity index is 3.75. The predicted molar refractivity (Wildman–Crippen MR) is 181 cm³/mol. The summed E-state index contributed by atoms with van der Waals surface area (Å²) in [5.74, 6) is 0.957. The molecule has 0 heterocycles. The lowest BCUT2D eigenvalue weighted by molar-refractivity contribution is -0.894. The second kappa shape index (κ2) is 30.9. The molecule has 0 saturated heterocycles. The van der Waals surface area contributed by atoms with Crippen LogP contribution in [0.2, 0.25) is 0 Å². The summed E-state index contributed by atoms with van der Waals surface area (Å²) in [4.78, 5) is 0. The van der Waals surface area contributed by atoms with Gasteiger partial charge < -0.3 is 4.48 Å². The zero-order valence-electron chi connectivity index (χ0n) is 28.7. The van der Waals surface area contributed by atoms with Crippen LogP contribution in [0.25, 0.3) is 0 Å². The molecule has 0 aliphatic carbocycles. The second-order valence-corrected chi connectivity index (χ2v) is 14.1. The van der Waals surface area contributed by atoms with Crippen molar-refractivity contribution in [2.24, 2.45) is 5.92 Å². The molecule has 0 aromatic rings. The van der Waals surface area contributed by atoms with Crippen LogP contribution in [0.15, 0.2) is 0 Å². The molecule has 0 aromatic heterocycles. The van der Waals surface area contributed by atoms with Gasteiger partial charge in [0.2, 0.25) is 0 Å². The van der Waals surface area contributed by atoms with Gasteiger partial charge in [-0.25, -0.2) is 0 Å². The Hall–Kier alpha value is -0.0400. The first kappa shape index (κ1) is 39.0. The lowest BCUT2D eigenvalue weighted by Crippen LogP contribution is -2.44. The summed E-state index contributed by atoms with van der Waals surface area (Å²) < 4.78 is 1.26. The van der Waals surface area contributed by atoms with Gasteiger partial charge in [0, 0.05) is 5.92 Å². The van der Waals surface area contributed by atoms with Crippen molar-refractivity contribution in [1.82, 2.24) is 0 Å². The van der Waals surface area contributed by atoms with Gasteiger partial charge in [0.1, 0.15) is 0 Å². The molecule has 0 N–H and O–H groups in total. The molecule has 1 heteroatoms. The van der Waals surface area contributed by atoms with Crippen molar-refractivity contribution in [2.75, 3.05) is 27.2 Å². The van der Waals surface area contributed by atoms with E-state index in [0.29, 0.717) is 0 Å². The molecule has 1 unspecified atom stereocenters. The summed E-state index contributed by atoms with van der Waals surface area (Å²) in [6, 6.07) is 0. The van der Waals surface area contributed by atoms with Gasteiger partial charge in [0.05, 0.1) is 27.2 Å². The number of rotatable bonds is 33. The molecule has 0 bridgehead atoms. The highest BCUT2D eigenvalue weighted by atomic mass is 15.3. The standard InChI is InChI=1S/C38H80N/c1-6-9-12-15-17-18-19-20-21-22-23-24-25-26-27-28-30-33-36-39(4,5)37-38(34-31-14-11-8-3)35-32-29-16-13-10-7-2/h38H,6-37H2,1-5H3/q+1. The van der Waals surface area contributed by atoms with Gasteiger partial charge in [0.25, 0.3) is 0 Å². The van der Waals surface area contributed by atoms with Crippen molar-refractivity contribution in [3.63, 3.8) is 0 Å². The highest BCUT2D eigenvalue weighted by molar-refractivity contribution is 4.61. The molecule has 0 fully saturated rings. The highest BCUT2D eigenvalue weighted by Crippen LogP contribution is 2.22. The maximum Gasteiger partial charge on any atom is 0.0811 e. The first-order valence-corrected chi connectivity index (χ1v) is 18.9. The van der Waals surface area contributed by atoms with Gasteiger partial charge in [-0.05, 0) is 25.7 Å². The van der Waals surface area contributed by atoms with Gasteiger partial charge in [-0.2, -0.15) is 0 Å². The van der Waals surface area contributed by atoms with E-state index < -0.39 is 0 Å². The van der Waals surface area contributed by atoms with E-state index in [0.717, 1.165) is 5.92 Å². The fraction of sp³-hybridized carbons (Fsp3) is 1.00. The van der Waals surface area contributed by atoms with E-state index in [1.165, 1.54) is 210 Å².